The fourth-order valence-electron chi connectivity index (χ4n) is 2.11. The van der Waals surface area contributed by atoms with Crippen LogP contribution in [0.3, 0.4) is 0 Å². The van der Waals surface area contributed by atoms with Crippen molar-refractivity contribution in [2.24, 2.45) is 5.41 Å². The molecule has 0 bridgehead atoms. The first kappa shape index (κ1) is 15.6. The molecule has 0 saturated heterocycles. The second kappa shape index (κ2) is 6.08. The third-order valence-corrected chi connectivity index (χ3v) is 4.11. The van der Waals surface area contributed by atoms with Crippen LogP contribution in [0.1, 0.15) is 31.6 Å². The number of hydrogen-bond donors (Lipinski definition) is 0. The second-order valence-electron chi connectivity index (χ2n) is 6.54. The van der Waals surface area contributed by atoms with Gasteiger partial charge < -0.3 is 9.09 Å². The summed E-state index contributed by atoms with van der Waals surface area (Å²) in [6.45, 7) is 6.82. The number of pyridine rings is 1. The van der Waals surface area contributed by atoms with Crippen LogP contribution in [0.15, 0.2) is 39.9 Å². The molecule has 0 aliphatic carbocycles. The van der Waals surface area contributed by atoms with Crippen LogP contribution in [0, 0.1) is 5.41 Å². The lowest BCUT2D eigenvalue weighted by atomic mass is 9.93. The highest BCUT2D eigenvalue weighted by atomic mass is 32.1. The van der Waals surface area contributed by atoms with Crippen molar-refractivity contribution >= 4 is 11.3 Å². The molecule has 0 unspecified atom stereocenters. The summed E-state index contributed by atoms with van der Waals surface area (Å²) < 4.78 is 6.83. The molecule has 0 atom stereocenters. The van der Waals surface area contributed by atoms with Crippen molar-refractivity contribution in [1.82, 2.24) is 19.7 Å². The van der Waals surface area contributed by atoms with Crippen LogP contribution in [0.4, 0.5) is 0 Å². The smallest absolute Gasteiger partial charge is 0.269 e. The summed E-state index contributed by atoms with van der Waals surface area (Å²) in [6, 6.07) is 5.00. The average molecular weight is 330 g/mol. The molecule has 0 fully saturated rings. The molecule has 3 aromatic heterocycles. The van der Waals surface area contributed by atoms with Gasteiger partial charge in [0, 0.05) is 18.7 Å². The zero-order chi connectivity index (χ0) is 16.4. The van der Waals surface area contributed by atoms with Crippen molar-refractivity contribution in [3.63, 3.8) is 0 Å². The van der Waals surface area contributed by atoms with Gasteiger partial charge in [-0.25, -0.2) is 4.98 Å². The molecule has 0 aliphatic rings. The van der Waals surface area contributed by atoms with E-state index in [0.717, 1.165) is 16.3 Å². The van der Waals surface area contributed by atoms with Crippen LogP contribution in [0.2, 0.25) is 0 Å². The Morgan fingerprint density at radius 2 is 2.13 bits per heavy atom. The van der Waals surface area contributed by atoms with Gasteiger partial charge in [0.15, 0.2) is 5.82 Å². The average Bonchev–Trinajstić information content (AvgIpc) is 3.09. The first-order valence-corrected chi connectivity index (χ1v) is 8.15. The normalized spacial score (nSPS) is 11.8. The van der Waals surface area contributed by atoms with Gasteiger partial charge in [-0.05, 0) is 11.5 Å². The maximum atomic E-state index is 11.7. The lowest BCUT2D eigenvalue weighted by Crippen LogP contribution is -2.18. The number of thiazole rings is 1. The molecule has 0 aliphatic heterocycles. The molecule has 120 valence electrons. The van der Waals surface area contributed by atoms with Gasteiger partial charge in [0.05, 0.1) is 17.7 Å². The summed E-state index contributed by atoms with van der Waals surface area (Å²) >= 11 is 1.56. The van der Waals surface area contributed by atoms with Crippen LogP contribution in [-0.4, -0.2) is 19.7 Å². The quantitative estimate of drug-likeness (QED) is 0.735. The van der Waals surface area contributed by atoms with Gasteiger partial charge >= 0.3 is 0 Å². The highest BCUT2D eigenvalue weighted by Crippen LogP contribution is 2.29. The van der Waals surface area contributed by atoms with Crippen molar-refractivity contribution in [1.29, 1.82) is 0 Å². The summed E-state index contributed by atoms with van der Waals surface area (Å²) in [6.07, 6.45) is 4.36. The Labute approximate surface area is 137 Å². The van der Waals surface area contributed by atoms with Gasteiger partial charge in [0.1, 0.15) is 4.88 Å². The summed E-state index contributed by atoms with van der Waals surface area (Å²) in [5, 5.41) is 4.99. The fourth-order valence-corrected chi connectivity index (χ4v) is 3.25. The Balaban J connectivity index is 1.77. The van der Waals surface area contributed by atoms with E-state index in [1.807, 2.05) is 0 Å². The van der Waals surface area contributed by atoms with E-state index >= 15 is 0 Å². The standard InChI is InChI=1S/C16H18N4O2S/c1-16(2,3)8-13-17-9-11(23-13)15-18-12(19-22-15)10-20-7-5-4-6-14(20)21/h4-7,9H,8,10H2,1-3H3. The van der Waals surface area contributed by atoms with Gasteiger partial charge in [-0.1, -0.05) is 32.0 Å². The first-order valence-electron chi connectivity index (χ1n) is 7.34. The van der Waals surface area contributed by atoms with Gasteiger partial charge in [0.25, 0.3) is 11.4 Å². The molecule has 0 radical (unpaired) electrons. The largest absolute Gasteiger partial charge is 0.333 e. The minimum absolute atomic E-state index is 0.0934. The number of rotatable bonds is 4. The Morgan fingerprint density at radius 3 is 2.87 bits per heavy atom. The van der Waals surface area contributed by atoms with E-state index in [1.54, 1.807) is 35.9 Å². The summed E-state index contributed by atoms with van der Waals surface area (Å²) in [7, 11) is 0. The highest BCUT2D eigenvalue weighted by Gasteiger charge is 2.17. The molecular weight excluding hydrogens is 312 g/mol. The lowest BCUT2D eigenvalue weighted by Gasteiger charge is -2.15. The molecule has 0 saturated carbocycles. The zero-order valence-corrected chi connectivity index (χ0v) is 14.1. The van der Waals surface area contributed by atoms with E-state index in [2.05, 4.69) is 35.9 Å². The zero-order valence-electron chi connectivity index (χ0n) is 13.3. The molecule has 0 aromatic carbocycles. The fraction of sp³-hybridized carbons (Fsp3) is 0.375. The second-order valence-corrected chi connectivity index (χ2v) is 7.65. The minimum atomic E-state index is -0.0934. The van der Waals surface area contributed by atoms with Crippen molar-refractivity contribution in [2.75, 3.05) is 0 Å². The first-order chi connectivity index (χ1) is 10.9. The molecule has 3 heterocycles. The predicted molar refractivity (Wildman–Crippen MR) is 88.4 cm³/mol. The maximum Gasteiger partial charge on any atom is 0.269 e. The van der Waals surface area contributed by atoms with E-state index in [-0.39, 0.29) is 17.5 Å². The monoisotopic (exact) mass is 330 g/mol. The molecule has 23 heavy (non-hydrogen) atoms. The van der Waals surface area contributed by atoms with E-state index in [0.29, 0.717) is 11.7 Å². The maximum absolute atomic E-state index is 11.7. The van der Waals surface area contributed by atoms with Crippen LogP contribution < -0.4 is 5.56 Å². The van der Waals surface area contributed by atoms with Crippen molar-refractivity contribution in [2.45, 2.75) is 33.7 Å². The van der Waals surface area contributed by atoms with E-state index in [9.17, 15) is 4.79 Å². The Bertz CT molecular complexity index is 857. The van der Waals surface area contributed by atoms with Crippen LogP contribution in [-0.2, 0) is 13.0 Å². The lowest BCUT2D eigenvalue weighted by molar-refractivity contribution is 0.410. The summed E-state index contributed by atoms with van der Waals surface area (Å²) in [5.41, 5.74) is 0.0907. The van der Waals surface area contributed by atoms with Gasteiger partial charge in [-0.2, -0.15) is 4.98 Å². The number of nitrogens with zero attached hydrogens (tertiary/aromatic N) is 4. The van der Waals surface area contributed by atoms with Gasteiger partial charge in [0.2, 0.25) is 0 Å². The minimum Gasteiger partial charge on any atom is -0.333 e. The molecule has 3 rings (SSSR count). The molecule has 0 amide bonds. The van der Waals surface area contributed by atoms with E-state index < -0.39 is 0 Å². The molecule has 0 spiro atoms. The Kier molecular flexibility index (Phi) is 4.12. The predicted octanol–water partition coefficient (Wildman–Crippen LogP) is 2.99. The summed E-state index contributed by atoms with van der Waals surface area (Å²) in [5.74, 6) is 0.917. The molecular formula is C16H18N4O2S. The third-order valence-electron chi connectivity index (χ3n) is 3.12. The molecule has 6 nitrogen and oxygen atoms in total. The Morgan fingerprint density at radius 1 is 1.30 bits per heavy atom. The SMILES string of the molecule is CC(C)(C)Cc1ncc(-c2nc(Cn3ccccc3=O)no2)s1. The summed E-state index contributed by atoms with van der Waals surface area (Å²) in [4.78, 5) is 21.3. The van der Waals surface area contributed by atoms with Crippen molar-refractivity contribution in [3.8, 4) is 10.8 Å². The van der Waals surface area contributed by atoms with Gasteiger partial charge in [-0.15, -0.1) is 11.3 Å². The molecule has 7 heteroatoms. The van der Waals surface area contributed by atoms with E-state index in [4.69, 9.17) is 4.52 Å². The Hall–Kier alpha value is -2.28. The topological polar surface area (TPSA) is 73.8 Å². The van der Waals surface area contributed by atoms with Crippen LogP contribution in [0.5, 0.6) is 0 Å². The number of hydrogen-bond acceptors (Lipinski definition) is 6. The van der Waals surface area contributed by atoms with Crippen molar-refractivity contribution in [3.05, 3.63) is 51.8 Å². The number of aromatic nitrogens is 4. The highest BCUT2D eigenvalue weighted by molar-refractivity contribution is 7.15. The van der Waals surface area contributed by atoms with Gasteiger partial charge in [-0.3, -0.25) is 4.79 Å². The van der Waals surface area contributed by atoms with E-state index in [1.165, 1.54) is 10.6 Å². The van der Waals surface area contributed by atoms with Crippen LogP contribution >= 0.6 is 11.3 Å². The molecule has 0 N–H and O–H groups in total. The van der Waals surface area contributed by atoms with Crippen LogP contribution in [0.25, 0.3) is 10.8 Å². The van der Waals surface area contributed by atoms with Crippen molar-refractivity contribution < 1.29 is 4.52 Å². The third kappa shape index (κ3) is 3.92. The molecule has 3 aromatic rings.